The van der Waals surface area contributed by atoms with Gasteiger partial charge in [0.15, 0.2) is 11.5 Å². The molecule has 24 heavy (non-hydrogen) atoms. The molecule has 1 aliphatic carbocycles. The Morgan fingerprint density at radius 3 is 2.71 bits per heavy atom. The number of hydrogen-bond donors (Lipinski definition) is 1. The minimum absolute atomic E-state index is 0.0414. The van der Waals surface area contributed by atoms with Gasteiger partial charge in [0.25, 0.3) is 5.91 Å². The number of ether oxygens (including phenoxy) is 2. The van der Waals surface area contributed by atoms with Crippen molar-refractivity contribution in [2.75, 3.05) is 13.2 Å². The maximum absolute atomic E-state index is 12.5. The first kappa shape index (κ1) is 15.3. The first-order chi connectivity index (χ1) is 11.7. The molecule has 1 atom stereocenters. The van der Waals surface area contributed by atoms with Crippen molar-refractivity contribution in [3.63, 3.8) is 0 Å². The Hall–Kier alpha value is -2.27. The summed E-state index contributed by atoms with van der Waals surface area (Å²) in [5, 5.41) is 3.43. The van der Waals surface area contributed by atoms with Gasteiger partial charge in [-0.05, 0) is 48.6 Å². The largest absolute Gasteiger partial charge is 0.486 e. The number of halogens is 1. The number of carbonyl (C=O) groups is 1. The van der Waals surface area contributed by atoms with Gasteiger partial charge in [0, 0.05) is 11.8 Å². The lowest BCUT2D eigenvalue weighted by molar-refractivity contribution is 0.0931. The van der Waals surface area contributed by atoms with Crippen LogP contribution < -0.4 is 14.8 Å². The van der Waals surface area contributed by atoms with Crippen molar-refractivity contribution in [2.45, 2.75) is 18.9 Å². The van der Waals surface area contributed by atoms with Gasteiger partial charge >= 0.3 is 0 Å². The molecule has 0 spiro atoms. The Kier molecular flexibility index (Phi) is 4.02. The smallest absolute Gasteiger partial charge is 0.251 e. The van der Waals surface area contributed by atoms with Crippen LogP contribution in [-0.4, -0.2) is 24.1 Å². The molecule has 0 unspecified atom stereocenters. The molecule has 1 saturated carbocycles. The molecule has 6 heteroatoms. The summed E-state index contributed by atoms with van der Waals surface area (Å²) in [6.45, 7) is 1.12. The summed E-state index contributed by atoms with van der Waals surface area (Å²) in [6, 6.07) is 9.07. The summed E-state index contributed by atoms with van der Waals surface area (Å²) in [7, 11) is 0. The van der Waals surface area contributed by atoms with Crippen LogP contribution >= 0.6 is 11.6 Å². The molecular formula is C18H17ClN2O3. The number of carbonyl (C=O) groups excluding carboxylic acids is 1. The first-order valence-corrected chi connectivity index (χ1v) is 8.40. The number of pyridine rings is 1. The van der Waals surface area contributed by atoms with E-state index >= 15 is 0 Å². The molecule has 0 bridgehead atoms. The Morgan fingerprint density at radius 2 is 1.96 bits per heavy atom. The van der Waals surface area contributed by atoms with Gasteiger partial charge < -0.3 is 14.8 Å². The molecule has 1 aliphatic heterocycles. The zero-order valence-corrected chi connectivity index (χ0v) is 13.8. The third-order valence-corrected chi connectivity index (χ3v) is 4.50. The van der Waals surface area contributed by atoms with Gasteiger partial charge in [-0.15, -0.1) is 0 Å². The van der Waals surface area contributed by atoms with Crippen LogP contribution in [0, 0.1) is 5.92 Å². The maximum atomic E-state index is 12.5. The average Bonchev–Trinajstić information content (AvgIpc) is 3.44. The van der Waals surface area contributed by atoms with E-state index in [1.54, 1.807) is 12.1 Å². The summed E-state index contributed by atoms with van der Waals surface area (Å²) in [4.78, 5) is 16.5. The Labute approximate surface area is 144 Å². The predicted molar refractivity (Wildman–Crippen MR) is 89.6 cm³/mol. The standard InChI is InChI=1S/C18H17ClN2O3/c19-16-10-13(5-6-20-16)18(22)21-17(11-1-2-11)12-3-4-14-15(9-12)24-8-7-23-14/h3-6,9-11,17H,1-2,7-8H2,(H,21,22)/t17-/m1/s1. The van der Waals surface area contributed by atoms with E-state index in [2.05, 4.69) is 10.3 Å². The summed E-state index contributed by atoms with van der Waals surface area (Å²) in [5.41, 5.74) is 1.55. The number of nitrogens with zero attached hydrogens (tertiary/aromatic N) is 1. The second-order valence-electron chi connectivity index (χ2n) is 6.06. The van der Waals surface area contributed by atoms with Crippen LogP contribution in [0.25, 0.3) is 0 Å². The predicted octanol–water partition coefficient (Wildman–Crippen LogP) is 3.39. The van der Waals surface area contributed by atoms with Crippen LogP contribution in [0.4, 0.5) is 0 Å². The number of amides is 1. The molecule has 4 rings (SSSR count). The molecule has 124 valence electrons. The quantitative estimate of drug-likeness (QED) is 0.864. The molecule has 5 nitrogen and oxygen atoms in total. The summed E-state index contributed by atoms with van der Waals surface area (Å²) >= 11 is 5.88. The highest BCUT2D eigenvalue weighted by molar-refractivity contribution is 6.29. The van der Waals surface area contributed by atoms with Gasteiger partial charge in [-0.25, -0.2) is 4.98 Å². The van der Waals surface area contributed by atoms with Gasteiger partial charge in [-0.3, -0.25) is 4.79 Å². The fraction of sp³-hybridized carbons (Fsp3) is 0.333. The summed E-state index contributed by atoms with van der Waals surface area (Å²) in [5.74, 6) is 1.80. The lowest BCUT2D eigenvalue weighted by atomic mass is 10.0. The maximum Gasteiger partial charge on any atom is 0.251 e. The second-order valence-corrected chi connectivity index (χ2v) is 6.45. The number of aromatic nitrogens is 1. The van der Waals surface area contributed by atoms with Crippen LogP contribution in [0.5, 0.6) is 11.5 Å². The summed E-state index contributed by atoms with van der Waals surface area (Å²) < 4.78 is 11.2. The van der Waals surface area contributed by atoms with Crippen molar-refractivity contribution in [3.8, 4) is 11.5 Å². The highest BCUT2D eigenvalue weighted by Gasteiger charge is 2.34. The second kappa shape index (κ2) is 6.32. The first-order valence-electron chi connectivity index (χ1n) is 8.03. The topological polar surface area (TPSA) is 60.5 Å². The van der Waals surface area contributed by atoms with Crippen molar-refractivity contribution in [3.05, 3.63) is 52.8 Å². The number of fused-ring (bicyclic) bond motifs is 1. The normalized spacial score (nSPS) is 17.2. The van der Waals surface area contributed by atoms with Crippen LogP contribution in [-0.2, 0) is 0 Å². The highest BCUT2D eigenvalue weighted by Crippen LogP contribution is 2.43. The Morgan fingerprint density at radius 1 is 1.17 bits per heavy atom. The van der Waals surface area contributed by atoms with E-state index in [1.165, 1.54) is 6.20 Å². The third-order valence-electron chi connectivity index (χ3n) is 4.29. The molecule has 1 aromatic carbocycles. The van der Waals surface area contributed by atoms with Crippen LogP contribution in [0.1, 0.15) is 34.8 Å². The van der Waals surface area contributed by atoms with Gasteiger partial charge in [0.1, 0.15) is 18.4 Å². The zero-order valence-electron chi connectivity index (χ0n) is 13.0. The average molecular weight is 345 g/mol. The van der Waals surface area contributed by atoms with Gasteiger partial charge in [-0.2, -0.15) is 0 Å². The fourth-order valence-corrected chi connectivity index (χ4v) is 3.10. The monoisotopic (exact) mass is 344 g/mol. The molecular weight excluding hydrogens is 328 g/mol. The van der Waals surface area contributed by atoms with E-state index < -0.39 is 0 Å². The molecule has 2 heterocycles. The van der Waals surface area contributed by atoms with Gasteiger partial charge in [-0.1, -0.05) is 17.7 Å². The summed E-state index contributed by atoms with van der Waals surface area (Å²) in [6.07, 6.45) is 3.75. The van der Waals surface area contributed by atoms with E-state index in [-0.39, 0.29) is 11.9 Å². The van der Waals surface area contributed by atoms with Crippen LogP contribution in [0.3, 0.4) is 0 Å². The van der Waals surface area contributed by atoms with Crippen LogP contribution in [0.2, 0.25) is 5.15 Å². The fourth-order valence-electron chi connectivity index (χ4n) is 2.92. The van der Waals surface area contributed by atoms with Crippen molar-refractivity contribution >= 4 is 17.5 Å². The van der Waals surface area contributed by atoms with E-state index in [1.807, 2.05) is 18.2 Å². The van der Waals surface area contributed by atoms with Gasteiger partial charge in [0.05, 0.1) is 6.04 Å². The van der Waals surface area contributed by atoms with Crippen molar-refractivity contribution in [2.24, 2.45) is 5.92 Å². The SMILES string of the molecule is O=C(N[C@@H](c1ccc2c(c1)OCCO2)C1CC1)c1ccnc(Cl)c1. The number of benzene rings is 1. The van der Waals surface area contributed by atoms with Gasteiger partial charge in [0.2, 0.25) is 0 Å². The van der Waals surface area contributed by atoms with E-state index in [4.69, 9.17) is 21.1 Å². The lowest BCUT2D eigenvalue weighted by Crippen LogP contribution is -2.30. The van der Waals surface area contributed by atoms with E-state index in [9.17, 15) is 4.79 Å². The lowest BCUT2D eigenvalue weighted by Gasteiger charge is -2.23. The van der Waals surface area contributed by atoms with E-state index in [0.29, 0.717) is 29.8 Å². The number of nitrogens with one attached hydrogen (secondary N) is 1. The third kappa shape index (κ3) is 3.17. The Balaban J connectivity index is 1.57. The molecule has 1 amide bonds. The molecule has 2 aromatic rings. The van der Waals surface area contributed by atoms with Crippen molar-refractivity contribution in [1.82, 2.24) is 10.3 Å². The van der Waals surface area contributed by atoms with Crippen molar-refractivity contribution in [1.29, 1.82) is 0 Å². The molecule has 1 aromatic heterocycles. The van der Waals surface area contributed by atoms with E-state index in [0.717, 1.165) is 29.9 Å². The Bertz CT molecular complexity index is 777. The van der Waals surface area contributed by atoms with Crippen LogP contribution in [0.15, 0.2) is 36.5 Å². The highest BCUT2D eigenvalue weighted by atomic mass is 35.5. The molecule has 0 saturated heterocycles. The molecule has 1 N–H and O–H groups in total. The number of hydrogen-bond acceptors (Lipinski definition) is 4. The minimum atomic E-state index is -0.147. The number of rotatable bonds is 4. The molecule has 0 radical (unpaired) electrons. The minimum Gasteiger partial charge on any atom is -0.486 e. The zero-order chi connectivity index (χ0) is 16.5. The molecule has 2 aliphatic rings. The van der Waals surface area contributed by atoms with Crippen molar-refractivity contribution < 1.29 is 14.3 Å². The molecule has 1 fully saturated rings.